The zero-order valence-electron chi connectivity index (χ0n) is 10.3. The maximum Gasteiger partial charge on any atom is 0.354 e. The Morgan fingerprint density at radius 2 is 2.26 bits per heavy atom. The summed E-state index contributed by atoms with van der Waals surface area (Å²) < 4.78 is 3.55. The van der Waals surface area contributed by atoms with Gasteiger partial charge in [-0.25, -0.2) is 14.8 Å². The molecule has 0 unspecified atom stereocenters. The summed E-state index contributed by atoms with van der Waals surface area (Å²) in [5.41, 5.74) is 1.82. The molecule has 0 aromatic carbocycles. The molecule has 6 nitrogen and oxygen atoms in total. The van der Waals surface area contributed by atoms with Crippen molar-refractivity contribution in [3.8, 4) is 0 Å². The van der Waals surface area contributed by atoms with Gasteiger partial charge in [-0.1, -0.05) is 6.07 Å². The molecule has 0 radical (unpaired) electrons. The van der Waals surface area contributed by atoms with Gasteiger partial charge in [0.05, 0.1) is 18.4 Å². The van der Waals surface area contributed by atoms with E-state index in [1.807, 2.05) is 35.0 Å². The Balaban J connectivity index is 2.01. The van der Waals surface area contributed by atoms with E-state index in [2.05, 4.69) is 9.97 Å². The second kappa shape index (κ2) is 4.24. The summed E-state index contributed by atoms with van der Waals surface area (Å²) in [5.74, 6) is -0.321. The highest BCUT2D eigenvalue weighted by Crippen LogP contribution is 2.11. The highest BCUT2D eigenvalue weighted by atomic mass is 16.4. The minimum absolute atomic E-state index is 0.176. The van der Waals surface area contributed by atoms with E-state index in [-0.39, 0.29) is 5.69 Å². The Labute approximate surface area is 109 Å². The zero-order chi connectivity index (χ0) is 13.4. The highest BCUT2D eigenvalue weighted by molar-refractivity contribution is 5.85. The van der Waals surface area contributed by atoms with E-state index in [9.17, 15) is 4.79 Å². The first-order valence-electron chi connectivity index (χ1n) is 5.83. The van der Waals surface area contributed by atoms with E-state index in [1.165, 1.54) is 6.20 Å². The topological polar surface area (TPSA) is 72.4 Å². The molecular formula is C13H12N4O2. The Hall–Kier alpha value is -2.63. The molecule has 0 fully saturated rings. The van der Waals surface area contributed by atoms with Crippen LogP contribution in [0.2, 0.25) is 0 Å². The number of imidazole rings is 2. The Morgan fingerprint density at radius 1 is 1.42 bits per heavy atom. The van der Waals surface area contributed by atoms with Crippen LogP contribution < -0.4 is 0 Å². The lowest BCUT2D eigenvalue weighted by Crippen LogP contribution is -2.11. The molecule has 96 valence electrons. The normalized spacial score (nSPS) is 11.0. The van der Waals surface area contributed by atoms with E-state index in [1.54, 1.807) is 11.5 Å². The van der Waals surface area contributed by atoms with E-state index >= 15 is 0 Å². The van der Waals surface area contributed by atoms with Gasteiger partial charge in [0.15, 0.2) is 0 Å². The van der Waals surface area contributed by atoms with Crippen LogP contribution in [0.5, 0.6) is 0 Å². The molecule has 3 aromatic rings. The van der Waals surface area contributed by atoms with Crippen LogP contribution in [-0.4, -0.2) is 30.0 Å². The van der Waals surface area contributed by atoms with Crippen LogP contribution >= 0.6 is 0 Å². The number of hydrogen-bond donors (Lipinski definition) is 1. The summed E-state index contributed by atoms with van der Waals surface area (Å²) in [4.78, 5) is 19.6. The first-order valence-corrected chi connectivity index (χ1v) is 5.83. The minimum atomic E-state index is -0.982. The largest absolute Gasteiger partial charge is 0.477 e. The number of hydrogen-bond acceptors (Lipinski definition) is 3. The SMILES string of the molecule is Cc1ncc(C(=O)O)n1Cc1cn2ccccc2n1. The summed E-state index contributed by atoms with van der Waals surface area (Å²) in [6.07, 6.45) is 5.17. The van der Waals surface area contributed by atoms with Crippen molar-refractivity contribution in [3.63, 3.8) is 0 Å². The van der Waals surface area contributed by atoms with Crippen molar-refractivity contribution in [2.24, 2.45) is 0 Å². The van der Waals surface area contributed by atoms with Crippen LogP contribution in [0.15, 0.2) is 36.8 Å². The van der Waals surface area contributed by atoms with Crippen molar-refractivity contribution in [2.75, 3.05) is 0 Å². The third-order valence-corrected chi connectivity index (χ3v) is 3.01. The molecule has 19 heavy (non-hydrogen) atoms. The molecule has 3 heterocycles. The van der Waals surface area contributed by atoms with E-state index < -0.39 is 5.97 Å². The molecule has 3 rings (SSSR count). The van der Waals surface area contributed by atoms with Crippen molar-refractivity contribution < 1.29 is 9.90 Å². The Bertz CT molecular complexity index is 724. The first kappa shape index (κ1) is 11.5. The summed E-state index contributed by atoms with van der Waals surface area (Å²) in [5, 5.41) is 9.11. The molecule has 3 aromatic heterocycles. The number of carboxylic acids is 1. The number of carboxylic acid groups (broad SMARTS) is 1. The van der Waals surface area contributed by atoms with Gasteiger partial charge < -0.3 is 14.1 Å². The fourth-order valence-corrected chi connectivity index (χ4v) is 2.06. The van der Waals surface area contributed by atoms with Gasteiger partial charge in [0.2, 0.25) is 0 Å². The molecule has 6 heteroatoms. The number of nitrogens with zero attached hydrogens (tertiary/aromatic N) is 4. The van der Waals surface area contributed by atoms with Crippen molar-refractivity contribution in [1.82, 2.24) is 18.9 Å². The molecule has 1 N–H and O–H groups in total. The third-order valence-electron chi connectivity index (χ3n) is 3.01. The number of aromatic carboxylic acids is 1. The number of aryl methyl sites for hydroxylation is 1. The van der Waals surface area contributed by atoms with Gasteiger partial charge in [-0.05, 0) is 19.1 Å². The van der Waals surface area contributed by atoms with Crippen LogP contribution in [0.1, 0.15) is 22.0 Å². The van der Waals surface area contributed by atoms with Crippen LogP contribution in [0.4, 0.5) is 0 Å². The quantitative estimate of drug-likeness (QED) is 0.772. The molecule has 0 bridgehead atoms. The predicted molar refractivity (Wildman–Crippen MR) is 68.2 cm³/mol. The molecule has 0 spiro atoms. The lowest BCUT2D eigenvalue weighted by atomic mass is 10.4. The van der Waals surface area contributed by atoms with Crippen LogP contribution in [0.3, 0.4) is 0 Å². The zero-order valence-corrected chi connectivity index (χ0v) is 10.3. The van der Waals surface area contributed by atoms with Crippen LogP contribution in [0, 0.1) is 6.92 Å². The lowest BCUT2D eigenvalue weighted by molar-refractivity contribution is 0.0685. The van der Waals surface area contributed by atoms with Gasteiger partial charge in [-0.2, -0.15) is 0 Å². The fourth-order valence-electron chi connectivity index (χ4n) is 2.06. The Kier molecular flexibility index (Phi) is 2.56. The summed E-state index contributed by atoms with van der Waals surface area (Å²) in [6, 6.07) is 5.74. The van der Waals surface area contributed by atoms with Gasteiger partial charge >= 0.3 is 5.97 Å². The van der Waals surface area contributed by atoms with Gasteiger partial charge in [0.25, 0.3) is 0 Å². The maximum atomic E-state index is 11.1. The number of rotatable bonds is 3. The van der Waals surface area contributed by atoms with E-state index in [4.69, 9.17) is 5.11 Å². The van der Waals surface area contributed by atoms with Crippen molar-refractivity contribution in [3.05, 3.63) is 54.0 Å². The maximum absolute atomic E-state index is 11.1. The van der Waals surface area contributed by atoms with Crippen LogP contribution in [0.25, 0.3) is 5.65 Å². The Morgan fingerprint density at radius 3 is 3.00 bits per heavy atom. The third kappa shape index (κ3) is 1.97. The van der Waals surface area contributed by atoms with E-state index in [0.717, 1.165) is 11.3 Å². The van der Waals surface area contributed by atoms with E-state index in [0.29, 0.717) is 12.4 Å². The summed E-state index contributed by atoms with van der Waals surface area (Å²) >= 11 is 0. The van der Waals surface area contributed by atoms with Crippen LogP contribution in [-0.2, 0) is 6.54 Å². The smallest absolute Gasteiger partial charge is 0.354 e. The first-order chi connectivity index (χ1) is 9.15. The standard InChI is InChI=1S/C13H12N4O2/c1-9-14-6-11(13(18)19)17(9)8-10-7-16-5-3-2-4-12(16)15-10/h2-7H,8H2,1H3,(H,18,19). The molecule has 0 aliphatic rings. The van der Waals surface area contributed by atoms with Gasteiger partial charge in [-0.3, -0.25) is 0 Å². The van der Waals surface area contributed by atoms with Crippen molar-refractivity contribution in [1.29, 1.82) is 0 Å². The summed E-state index contributed by atoms with van der Waals surface area (Å²) in [6.45, 7) is 2.18. The second-order valence-corrected chi connectivity index (χ2v) is 4.28. The average Bonchev–Trinajstić information content (AvgIpc) is 2.94. The fraction of sp³-hybridized carbons (Fsp3) is 0.154. The molecule has 0 saturated carbocycles. The monoisotopic (exact) mass is 256 g/mol. The van der Waals surface area contributed by atoms with Crippen molar-refractivity contribution >= 4 is 11.6 Å². The molecular weight excluding hydrogens is 244 g/mol. The number of fused-ring (bicyclic) bond motifs is 1. The molecule has 0 aliphatic carbocycles. The highest BCUT2D eigenvalue weighted by Gasteiger charge is 2.14. The van der Waals surface area contributed by atoms with Crippen molar-refractivity contribution in [2.45, 2.75) is 13.5 Å². The van der Waals surface area contributed by atoms with Gasteiger partial charge in [0, 0.05) is 12.4 Å². The van der Waals surface area contributed by atoms with Gasteiger partial charge in [0.1, 0.15) is 17.2 Å². The number of aromatic nitrogens is 4. The second-order valence-electron chi connectivity index (χ2n) is 4.28. The molecule has 0 atom stereocenters. The number of pyridine rings is 1. The average molecular weight is 256 g/mol. The lowest BCUT2D eigenvalue weighted by Gasteiger charge is -2.04. The molecule has 0 aliphatic heterocycles. The number of carbonyl (C=O) groups is 1. The molecule has 0 amide bonds. The van der Waals surface area contributed by atoms with Gasteiger partial charge in [-0.15, -0.1) is 0 Å². The predicted octanol–water partition coefficient (Wildman–Crippen LogP) is 1.59. The summed E-state index contributed by atoms with van der Waals surface area (Å²) in [7, 11) is 0. The minimum Gasteiger partial charge on any atom is -0.477 e. The molecule has 0 saturated heterocycles.